The first-order valence-corrected chi connectivity index (χ1v) is 4.02. The highest BCUT2D eigenvalue weighted by Crippen LogP contribution is 1.73. The zero-order valence-electron chi connectivity index (χ0n) is 4.76. The van der Waals surface area contributed by atoms with E-state index >= 15 is 0 Å². The Bertz CT molecular complexity index is 150. The first-order valence-electron chi connectivity index (χ1n) is 2.52. The fourth-order valence-electron chi connectivity index (χ4n) is 0.511. The number of aromatic nitrogens is 1. The van der Waals surface area contributed by atoms with E-state index in [1.807, 2.05) is 24.4 Å². The number of hydrogen-bond donors (Lipinski definition) is 0. The fraction of sp³-hybridized carbons (Fsp3) is 0.167. The number of hydrogen-bond acceptors (Lipinski definition) is 1. The van der Waals surface area contributed by atoms with Crippen LogP contribution in [-0.4, -0.2) is 14.5 Å². The lowest BCUT2D eigenvalue weighted by molar-refractivity contribution is 1.39. The molecular formula is C6H7NSi. The molecule has 0 bridgehead atoms. The summed E-state index contributed by atoms with van der Waals surface area (Å²) in [6.07, 6.45) is 1.83. The molecule has 0 amide bonds. The summed E-state index contributed by atoms with van der Waals surface area (Å²) in [5, 5.41) is 1.19. The Morgan fingerprint density at radius 1 is 1.50 bits per heavy atom. The second kappa shape index (κ2) is 2.62. The second-order valence-electron chi connectivity index (χ2n) is 1.46. The molecule has 0 atom stereocenters. The molecule has 0 spiro atoms. The van der Waals surface area contributed by atoms with Crippen molar-refractivity contribution in [3.63, 3.8) is 0 Å². The zero-order chi connectivity index (χ0) is 5.82. The molecule has 1 rings (SSSR count). The maximum atomic E-state index is 4.11. The van der Waals surface area contributed by atoms with Crippen LogP contribution in [0.25, 0.3) is 0 Å². The Morgan fingerprint density at radius 2 is 2.38 bits per heavy atom. The highest BCUT2D eigenvalue weighted by Gasteiger charge is 1.83. The Morgan fingerprint density at radius 3 is 2.75 bits per heavy atom. The van der Waals surface area contributed by atoms with Gasteiger partial charge in [-0.3, -0.25) is 4.98 Å². The van der Waals surface area contributed by atoms with Crippen molar-refractivity contribution < 1.29 is 0 Å². The van der Waals surface area contributed by atoms with E-state index in [1.54, 1.807) is 0 Å². The van der Waals surface area contributed by atoms with E-state index in [4.69, 9.17) is 0 Å². The third-order valence-corrected chi connectivity index (χ3v) is 1.73. The lowest BCUT2D eigenvalue weighted by Crippen LogP contribution is -2.13. The van der Waals surface area contributed by atoms with Gasteiger partial charge in [-0.25, -0.2) is 0 Å². The third-order valence-electron chi connectivity index (χ3n) is 0.921. The van der Waals surface area contributed by atoms with Crippen LogP contribution in [0.3, 0.4) is 0 Å². The van der Waals surface area contributed by atoms with E-state index in [1.165, 1.54) is 5.32 Å². The van der Waals surface area contributed by atoms with Crippen molar-refractivity contribution >= 4 is 14.8 Å². The molecule has 0 fully saturated rings. The summed E-state index contributed by atoms with van der Waals surface area (Å²) in [6.45, 7) is 2.13. The second-order valence-corrected chi connectivity index (χ2v) is 2.48. The van der Waals surface area contributed by atoms with Gasteiger partial charge in [0.15, 0.2) is 0 Å². The van der Waals surface area contributed by atoms with Crippen LogP contribution < -0.4 is 5.32 Å². The molecule has 8 heavy (non-hydrogen) atoms. The van der Waals surface area contributed by atoms with Crippen molar-refractivity contribution in [2.45, 2.75) is 6.55 Å². The van der Waals surface area contributed by atoms with Crippen molar-refractivity contribution in [1.82, 2.24) is 4.98 Å². The number of rotatable bonds is 1. The molecule has 2 radical (unpaired) electrons. The molecule has 2 heteroatoms. The molecule has 1 heterocycles. The SMILES string of the molecule is C[Si]c1ccccn1. The van der Waals surface area contributed by atoms with E-state index in [0.29, 0.717) is 0 Å². The summed E-state index contributed by atoms with van der Waals surface area (Å²) in [4.78, 5) is 4.11. The largest absolute Gasteiger partial charge is 0.267 e. The van der Waals surface area contributed by atoms with Crippen LogP contribution in [-0.2, 0) is 0 Å². The molecular weight excluding hydrogens is 114 g/mol. The van der Waals surface area contributed by atoms with Crippen LogP contribution in [0.5, 0.6) is 0 Å². The van der Waals surface area contributed by atoms with Crippen LogP contribution in [0, 0.1) is 0 Å². The molecule has 1 aromatic heterocycles. The minimum atomic E-state index is 0.819. The van der Waals surface area contributed by atoms with Crippen LogP contribution in [0.15, 0.2) is 24.4 Å². The van der Waals surface area contributed by atoms with Gasteiger partial charge in [-0.1, -0.05) is 12.6 Å². The molecule has 0 unspecified atom stereocenters. The maximum Gasteiger partial charge on any atom is 0.104 e. The standard InChI is InChI=1S/C6H7NSi/c1-8-6-4-2-3-5-7-6/h2-5H,1H3. The van der Waals surface area contributed by atoms with Crippen LogP contribution in [0.2, 0.25) is 6.55 Å². The van der Waals surface area contributed by atoms with E-state index in [-0.39, 0.29) is 0 Å². The minimum absolute atomic E-state index is 0.819. The molecule has 0 aliphatic heterocycles. The van der Waals surface area contributed by atoms with E-state index in [9.17, 15) is 0 Å². The molecule has 0 N–H and O–H groups in total. The van der Waals surface area contributed by atoms with Gasteiger partial charge in [-0.05, 0) is 12.1 Å². The Balaban J connectivity index is 2.83. The van der Waals surface area contributed by atoms with Gasteiger partial charge in [-0.15, -0.1) is 0 Å². The summed E-state index contributed by atoms with van der Waals surface area (Å²) in [5.41, 5.74) is 0. The molecule has 0 aromatic carbocycles. The molecule has 1 nitrogen and oxygen atoms in total. The Kier molecular flexibility index (Phi) is 1.80. The monoisotopic (exact) mass is 121 g/mol. The molecule has 0 aliphatic rings. The molecule has 0 saturated heterocycles. The number of nitrogens with zero attached hydrogens (tertiary/aromatic N) is 1. The van der Waals surface area contributed by atoms with Crippen LogP contribution in [0.1, 0.15) is 0 Å². The van der Waals surface area contributed by atoms with Gasteiger partial charge in [0, 0.05) is 11.5 Å². The molecule has 0 aliphatic carbocycles. The highest BCUT2D eigenvalue weighted by atomic mass is 28.2. The average molecular weight is 121 g/mol. The Hall–Kier alpha value is -0.633. The first kappa shape index (κ1) is 5.50. The van der Waals surface area contributed by atoms with Gasteiger partial charge >= 0.3 is 0 Å². The topological polar surface area (TPSA) is 12.9 Å². The quantitative estimate of drug-likeness (QED) is 0.492. The lowest BCUT2D eigenvalue weighted by atomic mass is 10.5. The Labute approximate surface area is 51.6 Å². The van der Waals surface area contributed by atoms with Crippen molar-refractivity contribution in [2.24, 2.45) is 0 Å². The van der Waals surface area contributed by atoms with Crippen molar-refractivity contribution in [3.8, 4) is 0 Å². The summed E-state index contributed by atoms with van der Waals surface area (Å²) >= 11 is 0. The first-order chi connectivity index (χ1) is 3.93. The van der Waals surface area contributed by atoms with Crippen molar-refractivity contribution in [3.05, 3.63) is 24.4 Å². The van der Waals surface area contributed by atoms with E-state index in [0.717, 1.165) is 9.52 Å². The lowest BCUT2D eigenvalue weighted by Gasteiger charge is -1.87. The predicted molar refractivity (Wildman–Crippen MR) is 35.5 cm³/mol. The fourth-order valence-corrected chi connectivity index (χ4v) is 0.977. The van der Waals surface area contributed by atoms with E-state index in [2.05, 4.69) is 11.5 Å². The van der Waals surface area contributed by atoms with Crippen molar-refractivity contribution in [2.75, 3.05) is 0 Å². The predicted octanol–water partition coefficient (Wildman–Crippen LogP) is 0.459. The van der Waals surface area contributed by atoms with Gasteiger partial charge in [0.2, 0.25) is 0 Å². The average Bonchev–Trinajstić information content (AvgIpc) is 1.90. The minimum Gasteiger partial charge on any atom is -0.267 e. The molecule has 40 valence electrons. The van der Waals surface area contributed by atoms with E-state index < -0.39 is 0 Å². The zero-order valence-corrected chi connectivity index (χ0v) is 5.76. The summed E-state index contributed by atoms with van der Waals surface area (Å²) < 4.78 is 0. The smallest absolute Gasteiger partial charge is 0.104 e. The third kappa shape index (κ3) is 1.17. The van der Waals surface area contributed by atoms with Gasteiger partial charge < -0.3 is 0 Å². The van der Waals surface area contributed by atoms with Crippen LogP contribution >= 0.6 is 0 Å². The van der Waals surface area contributed by atoms with Gasteiger partial charge in [-0.2, -0.15) is 0 Å². The van der Waals surface area contributed by atoms with Gasteiger partial charge in [0.05, 0.1) is 0 Å². The molecule has 0 saturated carbocycles. The maximum absolute atomic E-state index is 4.11. The highest BCUT2D eigenvalue weighted by molar-refractivity contribution is 6.50. The summed E-state index contributed by atoms with van der Waals surface area (Å²) in [5.74, 6) is 0. The molecule has 1 aromatic rings. The van der Waals surface area contributed by atoms with Gasteiger partial charge in [0.25, 0.3) is 0 Å². The summed E-state index contributed by atoms with van der Waals surface area (Å²) in [6, 6.07) is 5.99. The summed E-state index contributed by atoms with van der Waals surface area (Å²) in [7, 11) is 0.819. The normalized spacial score (nSPS) is 9.12. The van der Waals surface area contributed by atoms with Crippen molar-refractivity contribution in [1.29, 1.82) is 0 Å². The van der Waals surface area contributed by atoms with Gasteiger partial charge in [0.1, 0.15) is 9.52 Å². The van der Waals surface area contributed by atoms with Crippen LogP contribution in [0.4, 0.5) is 0 Å². The number of pyridine rings is 1.